The first kappa shape index (κ1) is 17.9. The Hall–Kier alpha value is -2.49. The molecule has 5 nitrogen and oxygen atoms in total. The van der Waals surface area contributed by atoms with Crippen LogP contribution in [0.4, 0.5) is 17.1 Å². The summed E-state index contributed by atoms with van der Waals surface area (Å²) >= 11 is 9.33. The lowest BCUT2D eigenvalue weighted by molar-refractivity contribution is -0.112. The summed E-state index contributed by atoms with van der Waals surface area (Å²) in [5.41, 5.74) is 8.25. The van der Waals surface area contributed by atoms with E-state index in [0.717, 1.165) is 15.7 Å². The lowest BCUT2D eigenvalue weighted by Gasteiger charge is -2.08. The van der Waals surface area contributed by atoms with E-state index in [1.807, 2.05) is 31.2 Å². The van der Waals surface area contributed by atoms with Crippen molar-refractivity contribution in [1.29, 1.82) is 5.26 Å². The van der Waals surface area contributed by atoms with Crippen LogP contribution in [0.2, 0.25) is 5.02 Å². The zero-order chi connectivity index (χ0) is 17.7. The Morgan fingerprint density at radius 1 is 1.33 bits per heavy atom. The van der Waals surface area contributed by atoms with Gasteiger partial charge in [-0.15, -0.1) is 0 Å². The highest BCUT2D eigenvalue weighted by Gasteiger charge is 2.10. The number of carbonyl (C=O) groups is 1. The number of rotatable bonds is 4. The molecule has 2 aromatic rings. The van der Waals surface area contributed by atoms with Gasteiger partial charge in [-0.25, -0.2) is 0 Å². The van der Waals surface area contributed by atoms with E-state index in [9.17, 15) is 10.1 Å². The summed E-state index contributed by atoms with van der Waals surface area (Å²) in [6.07, 6.45) is 1.35. The maximum atomic E-state index is 12.2. The van der Waals surface area contributed by atoms with E-state index in [1.165, 1.54) is 12.3 Å². The van der Waals surface area contributed by atoms with Crippen molar-refractivity contribution in [3.8, 4) is 6.07 Å². The molecule has 24 heavy (non-hydrogen) atoms. The minimum absolute atomic E-state index is 0.0737. The smallest absolute Gasteiger partial charge is 0.267 e. The topological polar surface area (TPSA) is 90.9 Å². The molecular weight excluding hydrogens is 392 g/mol. The predicted molar refractivity (Wildman–Crippen MR) is 101 cm³/mol. The Kier molecular flexibility index (Phi) is 5.85. The van der Waals surface area contributed by atoms with Crippen molar-refractivity contribution in [2.24, 2.45) is 0 Å². The Balaban J connectivity index is 2.13. The number of halogens is 2. The molecule has 0 atom stereocenters. The van der Waals surface area contributed by atoms with E-state index in [2.05, 4.69) is 26.6 Å². The van der Waals surface area contributed by atoms with Crippen molar-refractivity contribution in [3.05, 3.63) is 63.2 Å². The number of aryl methyl sites for hydroxylation is 1. The maximum Gasteiger partial charge on any atom is 0.267 e. The van der Waals surface area contributed by atoms with E-state index in [4.69, 9.17) is 17.3 Å². The van der Waals surface area contributed by atoms with Gasteiger partial charge in [-0.3, -0.25) is 4.79 Å². The number of nitriles is 1. The Morgan fingerprint density at radius 3 is 2.71 bits per heavy atom. The summed E-state index contributed by atoms with van der Waals surface area (Å²) in [5, 5.41) is 15.1. The van der Waals surface area contributed by atoms with Crippen LogP contribution in [0, 0.1) is 18.3 Å². The van der Waals surface area contributed by atoms with E-state index in [0.29, 0.717) is 16.4 Å². The summed E-state index contributed by atoms with van der Waals surface area (Å²) in [5.74, 6) is -0.547. The van der Waals surface area contributed by atoms with E-state index >= 15 is 0 Å². The third kappa shape index (κ3) is 4.51. The molecule has 0 bridgehead atoms. The van der Waals surface area contributed by atoms with Gasteiger partial charge in [0, 0.05) is 16.4 Å². The van der Waals surface area contributed by atoms with Crippen molar-refractivity contribution in [1.82, 2.24) is 0 Å². The number of nitrogens with two attached hydrogens (primary N) is 1. The van der Waals surface area contributed by atoms with Crippen LogP contribution in [0.15, 0.2) is 52.6 Å². The first-order valence-electron chi connectivity index (χ1n) is 6.90. The molecule has 1 amide bonds. The summed E-state index contributed by atoms with van der Waals surface area (Å²) < 4.78 is 0.835. The average molecular weight is 406 g/mol. The van der Waals surface area contributed by atoms with Gasteiger partial charge < -0.3 is 16.4 Å². The number of carbonyl (C=O) groups excluding carboxylic acids is 1. The molecule has 122 valence electrons. The number of nitrogens with one attached hydrogen (secondary N) is 2. The van der Waals surface area contributed by atoms with Crippen LogP contribution >= 0.6 is 27.5 Å². The molecule has 0 saturated heterocycles. The summed E-state index contributed by atoms with van der Waals surface area (Å²) in [6.45, 7) is 1.97. The number of benzene rings is 2. The van der Waals surface area contributed by atoms with Crippen molar-refractivity contribution >= 4 is 50.5 Å². The molecule has 4 N–H and O–H groups in total. The van der Waals surface area contributed by atoms with E-state index < -0.39 is 5.91 Å². The van der Waals surface area contributed by atoms with Crippen LogP contribution in [0.25, 0.3) is 0 Å². The molecule has 0 aliphatic rings. The van der Waals surface area contributed by atoms with Gasteiger partial charge in [0.05, 0.1) is 16.4 Å². The van der Waals surface area contributed by atoms with Crippen molar-refractivity contribution in [2.75, 3.05) is 16.4 Å². The zero-order valence-corrected chi connectivity index (χ0v) is 15.1. The monoisotopic (exact) mass is 404 g/mol. The number of nitrogens with zero attached hydrogens (tertiary/aromatic N) is 1. The molecule has 0 aromatic heterocycles. The number of amides is 1. The van der Waals surface area contributed by atoms with E-state index in [-0.39, 0.29) is 5.57 Å². The molecule has 0 saturated carbocycles. The highest BCUT2D eigenvalue weighted by molar-refractivity contribution is 9.10. The highest BCUT2D eigenvalue weighted by atomic mass is 79.9. The van der Waals surface area contributed by atoms with Crippen LogP contribution in [-0.4, -0.2) is 5.91 Å². The van der Waals surface area contributed by atoms with Crippen LogP contribution in [0.3, 0.4) is 0 Å². The second kappa shape index (κ2) is 7.86. The van der Waals surface area contributed by atoms with Crippen molar-refractivity contribution < 1.29 is 4.79 Å². The first-order valence-corrected chi connectivity index (χ1v) is 8.07. The molecule has 0 fully saturated rings. The first-order chi connectivity index (χ1) is 11.4. The van der Waals surface area contributed by atoms with E-state index in [1.54, 1.807) is 12.1 Å². The molecular formula is C17H14BrClN4O. The van der Waals surface area contributed by atoms with Gasteiger partial charge in [0.15, 0.2) is 0 Å². The van der Waals surface area contributed by atoms with Gasteiger partial charge in [0.1, 0.15) is 11.6 Å². The molecule has 2 rings (SSSR count). The van der Waals surface area contributed by atoms with Gasteiger partial charge in [-0.05, 0) is 58.7 Å². The summed E-state index contributed by atoms with van der Waals surface area (Å²) in [6, 6.07) is 12.3. The highest BCUT2D eigenvalue weighted by Crippen LogP contribution is 2.24. The van der Waals surface area contributed by atoms with Gasteiger partial charge in [-0.2, -0.15) is 5.26 Å². The van der Waals surface area contributed by atoms with Crippen LogP contribution < -0.4 is 16.4 Å². The minimum atomic E-state index is -0.547. The Labute approximate surface area is 153 Å². The standard InChI is InChI=1S/C17H14BrClN4O/c1-10-2-5-16(13(18)6-10)22-9-11(8-20)17(24)23-12-3-4-15(21)14(19)7-12/h2-7,9,22H,21H2,1H3,(H,23,24)/b11-9-. The quantitative estimate of drug-likeness (QED) is 0.398. The number of hydrogen-bond acceptors (Lipinski definition) is 4. The van der Waals surface area contributed by atoms with Crippen LogP contribution in [-0.2, 0) is 4.79 Å². The maximum absolute atomic E-state index is 12.2. The van der Waals surface area contributed by atoms with Gasteiger partial charge in [0.25, 0.3) is 5.91 Å². The molecule has 0 radical (unpaired) electrons. The van der Waals surface area contributed by atoms with Crippen LogP contribution in [0.5, 0.6) is 0 Å². The average Bonchev–Trinajstić information content (AvgIpc) is 2.53. The predicted octanol–water partition coefficient (Wildman–Crippen LogP) is 4.45. The fourth-order valence-corrected chi connectivity index (χ4v) is 2.63. The Morgan fingerprint density at radius 2 is 2.08 bits per heavy atom. The molecule has 0 spiro atoms. The zero-order valence-electron chi connectivity index (χ0n) is 12.7. The largest absolute Gasteiger partial charge is 0.398 e. The third-order valence-corrected chi connectivity index (χ3v) is 4.10. The van der Waals surface area contributed by atoms with Gasteiger partial charge in [-0.1, -0.05) is 17.7 Å². The molecule has 7 heteroatoms. The van der Waals surface area contributed by atoms with Crippen molar-refractivity contribution in [2.45, 2.75) is 6.92 Å². The van der Waals surface area contributed by atoms with Crippen LogP contribution in [0.1, 0.15) is 5.56 Å². The number of hydrogen-bond donors (Lipinski definition) is 3. The second-order valence-electron chi connectivity index (χ2n) is 4.99. The van der Waals surface area contributed by atoms with Gasteiger partial charge in [0.2, 0.25) is 0 Å². The summed E-state index contributed by atoms with van der Waals surface area (Å²) in [7, 11) is 0. The fourth-order valence-electron chi connectivity index (χ4n) is 1.84. The third-order valence-electron chi connectivity index (χ3n) is 3.12. The molecule has 0 aliphatic carbocycles. The Bertz CT molecular complexity index is 858. The normalized spacial score (nSPS) is 10.8. The molecule has 2 aromatic carbocycles. The van der Waals surface area contributed by atoms with Gasteiger partial charge >= 0.3 is 0 Å². The minimum Gasteiger partial charge on any atom is -0.398 e. The lowest BCUT2D eigenvalue weighted by Crippen LogP contribution is -2.14. The lowest BCUT2D eigenvalue weighted by atomic mass is 10.2. The van der Waals surface area contributed by atoms with Crippen molar-refractivity contribution in [3.63, 3.8) is 0 Å². The fraction of sp³-hybridized carbons (Fsp3) is 0.0588. The SMILES string of the molecule is Cc1ccc(N/C=C(/C#N)C(=O)Nc2ccc(N)c(Cl)c2)c(Br)c1. The summed E-state index contributed by atoms with van der Waals surface area (Å²) in [4.78, 5) is 12.2. The molecule has 0 aliphatic heterocycles. The molecule has 0 heterocycles. The number of nitrogen functional groups attached to an aromatic ring is 1. The second-order valence-corrected chi connectivity index (χ2v) is 6.25. The molecule has 0 unspecified atom stereocenters. The number of anilines is 3.